The Balaban J connectivity index is 2.26. The fourth-order valence-corrected chi connectivity index (χ4v) is 2.31. The predicted molar refractivity (Wildman–Crippen MR) is 79.3 cm³/mol. The quantitative estimate of drug-likeness (QED) is 0.888. The summed E-state index contributed by atoms with van der Waals surface area (Å²) in [4.78, 5) is 0. The maximum atomic E-state index is 9.05. The molecule has 0 amide bonds. The molecular formula is C15H16BrNO2. The summed E-state index contributed by atoms with van der Waals surface area (Å²) in [5.74, 6) is 1.50. The summed E-state index contributed by atoms with van der Waals surface area (Å²) in [5.41, 5.74) is 7.63. The molecule has 100 valence electrons. The summed E-state index contributed by atoms with van der Waals surface area (Å²) in [7, 11) is 0. The van der Waals surface area contributed by atoms with Gasteiger partial charge in [0.05, 0.1) is 4.47 Å². The van der Waals surface area contributed by atoms with Crippen LogP contribution in [0.5, 0.6) is 11.5 Å². The van der Waals surface area contributed by atoms with E-state index in [0.717, 1.165) is 27.1 Å². The fraction of sp³-hybridized carbons (Fsp3) is 0.200. The first-order valence-electron chi connectivity index (χ1n) is 6.09. The van der Waals surface area contributed by atoms with Gasteiger partial charge in [-0.25, -0.2) is 0 Å². The van der Waals surface area contributed by atoms with Crippen molar-refractivity contribution in [1.82, 2.24) is 0 Å². The summed E-state index contributed by atoms with van der Waals surface area (Å²) in [6, 6.07) is 13.5. The van der Waals surface area contributed by atoms with E-state index in [0.29, 0.717) is 13.0 Å². The molecular weight excluding hydrogens is 306 g/mol. The van der Waals surface area contributed by atoms with Gasteiger partial charge in [0, 0.05) is 13.2 Å². The van der Waals surface area contributed by atoms with Gasteiger partial charge in [-0.3, -0.25) is 0 Å². The van der Waals surface area contributed by atoms with Gasteiger partial charge < -0.3 is 15.6 Å². The second kappa shape index (κ2) is 6.70. The van der Waals surface area contributed by atoms with Crippen molar-refractivity contribution < 1.29 is 9.84 Å². The monoisotopic (exact) mass is 321 g/mol. The van der Waals surface area contributed by atoms with E-state index in [-0.39, 0.29) is 6.61 Å². The minimum atomic E-state index is 0.105. The van der Waals surface area contributed by atoms with Gasteiger partial charge in [-0.2, -0.15) is 0 Å². The number of aliphatic hydroxyl groups is 1. The number of ether oxygens (including phenoxy) is 1. The molecule has 0 saturated heterocycles. The van der Waals surface area contributed by atoms with Crippen LogP contribution < -0.4 is 10.5 Å². The van der Waals surface area contributed by atoms with Gasteiger partial charge in [0.25, 0.3) is 0 Å². The highest BCUT2D eigenvalue weighted by Gasteiger charge is 2.07. The molecule has 0 fully saturated rings. The zero-order chi connectivity index (χ0) is 13.7. The van der Waals surface area contributed by atoms with Crippen molar-refractivity contribution in [2.24, 2.45) is 5.73 Å². The molecule has 0 unspecified atom stereocenters. The average molecular weight is 322 g/mol. The summed E-state index contributed by atoms with van der Waals surface area (Å²) in [6.45, 7) is 0.605. The molecule has 4 heteroatoms. The van der Waals surface area contributed by atoms with E-state index in [2.05, 4.69) is 15.9 Å². The van der Waals surface area contributed by atoms with E-state index in [1.54, 1.807) is 0 Å². The van der Waals surface area contributed by atoms with E-state index in [1.165, 1.54) is 0 Å². The Morgan fingerprint density at radius 3 is 2.58 bits per heavy atom. The van der Waals surface area contributed by atoms with Crippen molar-refractivity contribution in [2.75, 3.05) is 6.61 Å². The van der Waals surface area contributed by atoms with Gasteiger partial charge >= 0.3 is 0 Å². The minimum absolute atomic E-state index is 0.105. The standard InChI is InChI=1S/C15H16BrNO2/c16-13-9-11(10-17)5-6-15(13)19-14-4-2-1-3-12(14)7-8-18/h1-6,9,18H,7-8,10,17H2. The lowest BCUT2D eigenvalue weighted by Crippen LogP contribution is -1.98. The van der Waals surface area contributed by atoms with E-state index < -0.39 is 0 Å². The molecule has 0 radical (unpaired) electrons. The highest BCUT2D eigenvalue weighted by molar-refractivity contribution is 9.10. The van der Waals surface area contributed by atoms with E-state index in [1.807, 2.05) is 42.5 Å². The number of rotatable bonds is 5. The molecule has 0 aliphatic heterocycles. The van der Waals surface area contributed by atoms with Crippen LogP contribution in [0.25, 0.3) is 0 Å². The van der Waals surface area contributed by atoms with Crippen LogP contribution in [-0.4, -0.2) is 11.7 Å². The Hall–Kier alpha value is -1.36. The number of halogens is 1. The molecule has 0 aliphatic rings. The molecule has 2 rings (SSSR count). The van der Waals surface area contributed by atoms with Gasteiger partial charge in [0.15, 0.2) is 0 Å². The average Bonchev–Trinajstić information content (AvgIpc) is 2.43. The van der Waals surface area contributed by atoms with Crippen LogP contribution in [0.3, 0.4) is 0 Å². The maximum Gasteiger partial charge on any atom is 0.141 e. The molecule has 0 atom stereocenters. The lowest BCUT2D eigenvalue weighted by Gasteiger charge is -2.12. The van der Waals surface area contributed by atoms with E-state index in [4.69, 9.17) is 15.6 Å². The molecule has 0 saturated carbocycles. The number of nitrogens with two attached hydrogens (primary N) is 1. The van der Waals surface area contributed by atoms with Crippen LogP contribution in [-0.2, 0) is 13.0 Å². The number of aliphatic hydroxyl groups excluding tert-OH is 1. The number of benzene rings is 2. The molecule has 0 spiro atoms. The van der Waals surface area contributed by atoms with Crippen LogP contribution >= 0.6 is 15.9 Å². The van der Waals surface area contributed by atoms with Crippen molar-refractivity contribution in [3.8, 4) is 11.5 Å². The molecule has 19 heavy (non-hydrogen) atoms. The van der Waals surface area contributed by atoms with Gasteiger partial charge in [-0.1, -0.05) is 24.3 Å². The SMILES string of the molecule is NCc1ccc(Oc2ccccc2CCO)c(Br)c1. The molecule has 0 heterocycles. The Morgan fingerprint density at radius 2 is 1.89 bits per heavy atom. The van der Waals surface area contributed by atoms with Gasteiger partial charge in [0.1, 0.15) is 11.5 Å². The third-order valence-electron chi connectivity index (χ3n) is 2.81. The molecule has 2 aromatic rings. The van der Waals surface area contributed by atoms with Crippen LogP contribution in [0.4, 0.5) is 0 Å². The van der Waals surface area contributed by atoms with E-state index in [9.17, 15) is 0 Å². The summed E-state index contributed by atoms with van der Waals surface area (Å²) >= 11 is 3.48. The Bertz CT molecular complexity index is 558. The zero-order valence-electron chi connectivity index (χ0n) is 10.5. The molecule has 2 aromatic carbocycles. The first-order chi connectivity index (χ1) is 9.24. The highest BCUT2D eigenvalue weighted by atomic mass is 79.9. The van der Waals surface area contributed by atoms with Gasteiger partial charge in [0.2, 0.25) is 0 Å². The number of hydrogen-bond donors (Lipinski definition) is 2. The highest BCUT2D eigenvalue weighted by Crippen LogP contribution is 2.32. The second-order valence-electron chi connectivity index (χ2n) is 4.15. The van der Waals surface area contributed by atoms with Gasteiger partial charge in [-0.15, -0.1) is 0 Å². The van der Waals surface area contributed by atoms with Crippen LogP contribution in [0.2, 0.25) is 0 Å². The molecule has 0 aliphatic carbocycles. The minimum Gasteiger partial charge on any atom is -0.456 e. The first-order valence-corrected chi connectivity index (χ1v) is 6.89. The third kappa shape index (κ3) is 3.56. The van der Waals surface area contributed by atoms with Gasteiger partial charge in [-0.05, 0) is 51.7 Å². The Morgan fingerprint density at radius 1 is 1.11 bits per heavy atom. The number of para-hydroxylation sites is 1. The summed E-state index contributed by atoms with van der Waals surface area (Å²) < 4.78 is 6.76. The second-order valence-corrected chi connectivity index (χ2v) is 5.01. The lowest BCUT2D eigenvalue weighted by atomic mass is 10.1. The zero-order valence-corrected chi connectivity index (χ0v) is 12.1. The van der Waals surface area contributed by atoms with Crippen molar-refractivity contribution >= 4 is 15.9 Å². The Labute approximate surface area is 121 Å². The first kappa shape index (κ1) is 14.1. The largest absolute Gasteiger partial charge is 0.456 e. The summed E-state index contributed by atoms with van der Waals surface area (Å²) in [6.07, 6.45) is 0.578. The molecule has 0 aromatic heterocycles. The van der Waals surface area contributed by atoms with E-state index >= 15 is 0 Å². The van der Waals surface area contributed by atoms with Crippen molar-refractivity contribution in [3.63, 3.8) is 0 Å². The number of hydrogen-bond acceptors (Lipinski definition) is 3. The normalized spacial score (nSPS) is 10.5. The maximum absolute atomic E-state index is 9.05. The van der Waals surface area contributed by atoms with Crippen molar-refractivity contribution in [2.45, 2.75) is 13.0 Å². The predicted octanol–water partition coefficient (Wildman–Crippen LogP) is 3.23. The van der Waals surface area contributed by atoms with Crippen LogP contribution in [0.15, 0.2) is 46.9 Å². The van der Waals surface area contributed by atoms with Crippen molar-refractivity contribution in [3.05, 3.63) is 58.1 Å². The Kier molecular flexibility index (Phi) is 4.96. The smallest absolute Gasteiger partial charge is 0.141 e. The molecule has 3 N–H and O–H groups in total. The van der Waals surface area contributed by atoms with Crippen LogP contribution in [0.1, 0.15) is 11.1 Å². The lowest BCUT2D eigenvalue weighted by molar-refractivity contribution is 0.298. The summed E-state index contributed by atoms with van der Waals surface area (Å²) in [5, 5.41) is 9.05. The molecule has 0 bridgehead atoms. The van der Waals surface area contributed by atoms with Crippen LogP contribution in [0, 0.1) is 0 Å². The third-order valence-corrected chi connectivity index (χ3v) is 3.43. The van der Waals surface area contributed by atoms with Crippen molar-refractivity contribution in [1.29, 1.82) is 0 Å². The fourth-order valence-electron chi connectivity index (χ4n) is 1.80. The molecule has 3 nitrogen and oxygen atoms in total. The topological polar surface area (TPSA) is 55.5 Å².